The molecule has 0 aliphatic carbocycles. The average molecular weight is 219 g/mol. The van der Waals surface area contributed by atoms with E-state index >= 15 is 0 Å². The normalized spacial score (nSPS) is 9.31. The summed E-state index contributed by atoms with van der Waals surface area (Å²) < 4.78 is 9.78. The molecule has 0 heterocycles. The van der Waals surface area contributed by atoms with E-state index < -0.39 is 5.97 Å². The zero-order chi connectivity index (χ0) is 12.0. The van der Waals surface area contributed by atoms with Gasteiger partial charge in [0.25, 0.3) is 0 Å². The van der Waals surface area contributed by atoms with Gasteiger partial charge in [-0.15, -0.1) is 0 Å². The van der Waals surface area contributed by atoms with Gasteiger partial charge in [0.05, 0.1) is 12.7 Å². The van der Waals surface area contributed by atoms with Gasteiger partial charge < -0.3 is 9.47 Å². The van der Waals surface area contributed by atoms with Crippen LogP contribution in [0.25, 0.3) is 0 Å². The van der Waals surface area contributed by atoms with Gasteiger partial charge in [0.2, 0.25) is 6.29 Å². The first kappa shape index (κ1) is 12.0. The van der Waals surface area contributed by atoms with Crippen molar-refractivity contribution in [2.24, 2.45) is 0 Å². The van der Waals surface area contributed by atoms with Gasteiger partial charge in [-0.05, 0) is 18.2 Å². The second kappa shape index (κ2) is 5.70. The predicted molar refractivity (Wildman–Crippen MR) is 58.3 cm³/mol. The number of hydrogen-bond acceptors (Lipinski definition) is 4. The molecule has 0 saturated heterocycles. The van der Waals surface area contributed by atoms with Gasteiger partial charge >= 0.3 is 5.97 Å². The van der Waals surface area contributed by atoms with Crippen LogP contribution in [0.1, 0.15) is 15.9 Å². The molecule has 0 atom stereocenters. The van der Waals surface area contributed by atoms with Crippen LogP contribution in [0.4, 0.5) is 0 Å². The van der Waals surface area contributed by atoms with E-state index in [1.165, 1.54) is 25.3 Å². The summed E-state index contributed by atoms with van der Waals surface area (Å²) in [6.07, 6.45) is 3.26. The molecular formula is C12H11O4. The van der Waals surface area contributed by atoms with Crippen molar-refractivity contribution < 1.29 is 19.1 Å². The van der Waals surface area contributed by atoms with E-state index in [1.54, 1.807) is 12.4 Å². The lowest BCUT2D eigenvalue weighted by atomic mass is 10.1. The van der Waals surface area contributed by atoms with Crippen LogP contribution in [0.3, 0.4) is 0 Å². The van der Waals surface area contributed by atoms with Crippen molar-refractivity contribution in [3.05, 3.63) is 42.0 Å². The van der Waals surface area contributed by atoms with Crippen molar-refractivity contribution in [3.63, 3.8) is 0 Å². The Labute approximate surface area is 93.5 Å². The molecule has 1 radical (unpaired) electrons. The minimum absolute atomic E-state index is 0.238. The molecule has 0 aliphatic heterocycles. The summed E-state index contributed by atoms with van der Waals surface area (Å²) in [5.41, 5.74) is 0.490. The number of benzene rings is 1. The molecule has 0 fully saturated rings. The van der Waals surface area contributed by atoms with E-state index in [0.717, 1.165) is 0 Å². The molecule has 0 spiro atoms. The number of ether oxygens (including phenoxy) is 2. The fraction of sp³-hybridized carbons (Fsp3) is 0.167. The lowest BCUT2D eigenvalue weighted by Gasteiger charge is -2.06. The van der Waals surface area contributed by atoms with E-state index in [2.05, 4.69) is 11.3 Å². The maximum atomic E-state index is 11.3. The van der Waals surface area contributed by atoms with Crippen LogP contribution in [0, 0.1) is 0 Å². The second-order valence-corrected chi connectivity index (χ2v) is 2.94. The van der Waals surface area contributed by atoms with Crippen molar-refractivity contribution in [1.29, 1.82) is 0 Å². The third kappa shape index (κ3) is 2.95. The van der Waals surface area contributed by atoms with Crippen LogP contribution < -0.4 is 4.74 Å². The topological polar surface area (TPSA) is 52.6 Å². The van der Waals surface area contributed by atoms with E-state index in [0.29, 0.717) is 12.4 Å². The molecule has 83 valence electrons. The van der Waals surface area contributed by atoms with Crippen molar-refractivity contribution in [2.45, 2.75) is 0 Å². The Kier molecular flexibility index (Phi) is 4.27. The quantitative estimate of drug-likeness (QED) is 0.556. The molecule has 0 aromatic heterocycles. The van der Waals surface area contributed by atoms with Crippen molar-refractivity contribution in [2.75, 3.05) is 13.7 Å². The molecule has 1 aromatic carbocycles. The first-order valence-corrected chi connectivity index (χ1v) is 4.56. The lowest BCUT2D eigenvalue weighted by Crippen LogP contribution is -2.03. The van der Waals surface area contributed by atoms with Crippen LogP contribution in [0.15, 0.2) is 30.9 Å². The van der Waals surface area contributed by atoms with Gasteiger partial charge in [0.1, 0.15) is 12.4 Å². The zero-order valence-electron chi connectivity index (χ0n) is 8.86. The Bertz CT molecular complexity index is 409. The summed E-state index contributed by atoms with van der Waals surface area (Å²) >= 11 is 0. The highest BCUT2D eigenvalue weighted by atomic mass is 16.5. The number of rotatable bonds is 5. The minimum atomic E-state index is -0.527. The van der Waals surface area contributed by atoms with E-state index in [1.807, 2.05) is 0 Å². The molecule has 4 nitrogen and oxygen atoms in total. The Hall–Kier alpha value is -2.10. The molecule has 0 aliphatic rings. The van der Waals surface area contributed by atoms with Gasteiger partial charge in [0.15, 0.2) is 0 Å². The lowest BCUT2D eigenvalue weighted by molar-refractivity contribution is 0.0600. The smallest absolute Gasteiger partial charge is 0.338 e. The van der Waals surface area contributed by atoms with E-state index in [-0.39, 0.29) is 11.1 Å². The molecular weight excluding hydrogens is 208 g/mol. The molecule has 1 rings (SSSR count). The van der Waals surface area contributed by atoms with Crippen LogP contribution in [0.5, 0.6) is 5.75 Å². The Morgan fingerprint density at radius 1 is 1.50 bits per heavy atom. The van der Waals surface area contributed by atoms with Crippen LogP contribution >= 0.6 is 0 Å². The fourth-order valence-electron chi connectivity index (χ4n) is 1.13. The number of methoxy groups -OCH3 is 1. The Morgan fingerprint density at radius 3 is 2.81 bits per heavy atom. The van der Waals surface area contributed by atoms with Crippen LogP contribution in [-0.4, -0.2) is 26.0 Å². The largest absolute Gasteiger partial charge is 0.490 e. The third-order valence-corrected chi connectivity index (χ3v) is 1.81. The van der Waals surface area contributed by atoms with E-state index in [4.69, 9.17) is 4.74 Å². The van der Waals surface area contributed by atoms with Crippen molar-refractivity contribution in [1.82, 2.24) is 0 Å². The monoisotopic (exact) mass is 219 g/mol. The van der Waals surface area contributed by atoms with Gasteiger partial charge in [-0.25, -0.2) is 4.79 Å². The van der Waals surface area contributed by atoms with Crippen LogP contribution in [-0.2, 0) is 9.53 Å². The number of carbonyl (C=O) groups is 1. The molecule has 4 heteroatoms. The summed E-state index contributed by atoms with van der Waals surface area (Å²) in [6, 6.07) is 4.37. The first-order chi connectivity index (χ1) is 7.71. The molecule has 1 aromatic rings. The summed E-state index contributed by atoms with van der Waals surface area (Å²) in [4.78, 5) is 21.8. The molecule has 0 unspecified atom stereocenters. The Balaban J connectivity index is 3.04. The average Bonchev–Trinajstić information content (AvgIpc) is 2.34. The predicted octanol–water partition coefficient (Wildman–Crippen LogP) is 1.50. The maximum Gasteiger partial charge on any atom is 0.338 e. The van der Waals surface area contributed by atoms with Crippen LogP contribution in [0.2, 0.25) is 0 Å². The summed E-state index contributed by atoms with van der Waals surface area (Å²) in [5.74, 6) is -0.123. The van der Waals surface area contributed by atoms with Gasteiger partial charge in [0, 0.05) is 5.56 Å². The summed E-state index contributed by atoms with van der Waals surface area (Å²) in [5, 5.41) is 0. The zero-order valence-corrected chi connectivity index (χ0v) is 8.86. The fourth-order valence-corrected chi connectivity index (χ4v) is 1.13. The number of hydrogen-bond donors (Lipinski definition) is 0. The van der Waals surface area contributed by atoms with Gasteiger partial charge in [-0.1, -0.05) is 12.7 Å². The van der Waals surface area contributed by atoms with Crippen molar-refractivity contribution in [3.8, 4) is 5.75 Å². The number of carbonyl (C=O) groups excluding carboxylic acids is 2. The highest BCUT2D eigenvalue weighted by molar-refractivity contribution is 5.92. The highest BCUT2D eigenvalue weighted by Gasteiger charge is 2.09. The van der Waals surface area contributed by atoms with E-state index in [9.17, 15) is 9.59 Å². The second-order valence-electron chi connectivity index (χ2n) is 2.94. The standard InChI is InChI=1S/C12H11O4/c1-3-4-16-11-6-9(8-13)5-10(7-11)12(14)15-2/h3,5-7H,1,4H2,2H3. The Morgan fingerprint density at radius 2 is 2.25 bits per heavy atom. The van der Waals surface area contributed by atoms with Gasteiger partial charge in [-0.3, -0.25) is 4.79 Å². The SMILES string of the molecule is C=CCOc1cc([C]=O)cc(C(=O)OC)c1. The highest BCUT2D eigenvalue weighted by Crippen LogP contribution is 2.17. The minimum Gasteiger partial charge on any atom is -0.490 e. The maximum absolute atomic E-state index is 11.3. The molecule has 0 N–H and O–H groups in total. The number of esters is 1. The van der Waals surface area contributed by atoms with Gasteiger partial charge in [-0.2, -0.15) is 0 Å². The summed E-state index contributed by atoms with van der Waals surface area (Å²) in [7, 11) is 1.27. The third-order valence-electron chi connectivity index (χ3n) is 1.81. The molecule has 0 bridgehead atoms. The molecule has 16 heavy (non-hydrogen) atoms. The first-order valence-electron chi connectivity index (χ1n) is 4.56. The molecule has 0 saturated carbocycles. The summed E-state index contributed by atoms with van der Waals surface area (Å²) in [6.45, 7) is 3.79. The van der Waals surface area contributed by atoms with Crippen molar-refractivity contribution >= 4 is 12.3 Å². The molecule has 0 amide bonds.